The van der Waals surface area contributed by atoms with E-state index in [-0.39, 0.29) is 5.91 Å². The van der Waals surface area contributed by atoms with Gasteiger partial charge < -0.3 is 9.88 Å². The Hall–Kier alpha value is -3.67. The van der Waals surface area contributed by atoms with E-state index < -0.39 is 0 Å². The van der Waals surface area contributed by atoms with Gasteiger partial charge in [-0.3, -0.25) is 9.48 Å². The molecule has 2 heterocycles. The van der Waals surface area contributed by atoms with Crippen LogP contribution in [0.1, 0.15) is 44.0 Å². The van der Waals surface area contributed by atoms with Gasteiger partial charge in [0.25, 0.3) is 5.91 Å². The van der Waals surface area contributed by atoms with Gasteiger partial charge in [-0.2, -0.15) is 5.10 Å². The van der Waals surface area contributed by atoms with E-state index in [4.69, 9.17) is 0 Å². The van der Waals surface area contributed by atoms with Crippen LogP contribution in [0.5, 0.6) is 0 Å². The summed E-state index contributed by atoms with van der Waals surface area (Å²) in [6, 6.07) is 16.5. The number of amides is 1. The maximum atomic E-state index is 13.0. The molecule has 0 spiro atoms. The number of carbonyl (C=O) groups is 1. The van der Waals surface area contributed by atoms with Crippen LogP contribution in [0, 0.1) is 20.8 Å². The van der Waals surface area contributed by atoms with Crippen molar-refractivity contribution in [3.05, 3.63) is 106 Å². The van der Waals surface area contributed by atoms with Crippen LogP contribution in [-0.2, 0) is 19.6 Å². The molecular weight excluding hydrogens is 386 g/mol. The minimum Gasteiger partial charge on any atom is -0.348 e. The molecule has 0 saturated carbocycles. The Bertz CT molecular complexity index is 1170. The molecule has 1 amide bonds. The van der Waals surface area contributed by atoms with Crippen molar-refractivity contribution in [2.24, 2.45) is 0 Å². The first kappa shape index (κ1) is 20.6. The van der Waals surface area contributed by atoms with Crippen molar-refractivity contribution in [1.29, 1.82) is 0 Å². The Morgan fingerprint density at radius 2 is 1.71 bits per heavy atom. The third kappa shape index (κ3) is 4.74. The lowest BCUT2D eigenvalue weighted by molar-refractivity contribution is 0.0949. The molecule has 6 nitrogen and oxygen atoms in total. The van der Waals surface area contributed by atoms with Crippen molar-refractivity contribution in [3.8, 4) is 0 Å². The molecule has 0 saturated heterocycles. The summed E-state index contributed by atoms with van der Waals surface area (Å²) in [5, 5.41) is 7.70. The molecule has 0 radical (unpaired) electrons. The molecule has 31 heavy (non-hydrogen) atoms. The molecule has 0 aliphatic heterocycles. The smallest absolute Gasteiger partial charge is 0.255 e. The standard InChI is InChI=1S/C25H27N5O/c1-18-8-10-21(11-9-18)15-30-20(3)24(19(2)28-30)25(31)27-14-22-6-4-5-7-23(22)16-29-13-12-26-17-29/h4-13,17H,14-16H2,1-3H3,(H,27,31). The van der Waals surface area contributed by atoms with Crippen LogP contribution < -0.4 is 5.32 Å². The van der Waals surface area contributed by atoms with E-state index >= 15 is 0 Å². The lowest BCUT2D eigenvalue weighted by Crippen LogP contribution is -2.25. The van der Waals surface area contributed by atoms with Gasteiger partial charge in [-0.15, -0.1) is 0 Å². The second-order valence-electron chi connectivity index (χ2n) is 7.88. The van der Waals surface area contributed by atoms with E-state index in [2.05, 4.69) is 52.7 Å². The van der Waals surface area contributed by atoms with Gasteiger partial charge in [0, 0.05) is 31.2 Å². The Kier molecular flexibility index (Phi) is 5.98. The molecule has 4 aromatic rings. The fourth-order valence-electron chi connectivity index (χ4n) is 3.77. The fraction of sp³-hybridized carbons (Fsp3) is 0.240. The lowest BCUT2D eigenvalue weighted by atomic mass is 10.1. The number of nitrogens with zero attached hydrogens (tertiary/aromatic N) is 4. The molecule has 0 fully saturated rings. The van der Waals surface area contributed by atoms with Gasteiger partial charge in [0.15, 0.2) is 0 Å². The van der Waals surface area contributed by atoms with Crippen molar-refractivity contribution in [2.75, 3.05) is 0 Å². The molecule has 2 aromatic carbocycles. The zero-order valence-electron chi connectivity index (χ0n) is 18.2. The number of aryl methyl sites for hydroxylation is 2. The predicted molar refractivity (Wildman–Crippen MR) is 121 cm³/mol. The van der Waals surface area contributed by atoms with Crippen LogP contribution in [0.15, 0.2) is 67.3 Å². The average Bonchev–Trinajstić information content (AvgIpc) is 3.36. The van der Waals surface area contributed by atoms with Crippen molar-refractivity contribution < 1.29 is 4.79 Å². The summed E-state index contributed by atoms with van der Waals surface area (Å²) < 4.78 is 3.92. The third-order valence-electron chi connectivity index (χ3n) is 5.53. The van der Waals surface area contributed by atoms with Crippen LogP contribution in [0.4, 0.5) is 0 Å². The van der Waals surface area contributed by atoms with Gasteiger partial charge in [-0.05, 0) is 37.5 Å². The Balaban J connectivity index is 1.47. The van der Waals surface area contributed by atoms with Crippen LogP contribution in [0.25, 0.3) is 0 Å². The van der Waals surface area contributed by atoms with E-state index in [0.717, 1.165) is 34.6 Å². The number of imidazole rings is 1. The number of benzene rings is 2. The summed E-state index contributed by atoms with van der Waals surface area (Å²) in [6.45, 7) is 7.75. The summed E-state index contributed by atoms with van der Waals surface area (Å²) in [5.41, 5.74) is 6.91. The molecule has 0 bridgehead atoms. The summed E-state index contributed by atoms with van der Waals surface area (Å²) >= 11 is 0. The highest BCUT2D eigenvalue weighted by atomic mass is 16.1. The quantitative estimate of drug-likeness (QED) is 0.497. The molecule has 1 N–H and O–H groups in total. The molecule has 4 rings (SSSR count). The second kappa shape index (κ2) is 9.00. The average molecular weight is 414 g/mol. The first-order chi connectivity index (χ1) is 15.0. The lowest BCUT2D eigenvalue weighted by Gasteiger charge is -2.12. The maximum absolute atomic E-state index is 13.0. The summed E-state index contributed by atoms with van der Waals surface area (Å²) in [7, 11) is 0. The minimum atomic E-state index is -0.0948. The fourth-order valence-corrected chi connectivity index (χ4v) is 3.77. The number of nitrogens with one attached hydrogen (secondary N) is 1. The highest BCUT2D eigenvalue weighted by Gasteiger charge is 2.19. The summed E-state index contributed by atoms with van der Waals surface area (Å²) in [5.74, 6) is -0.0948. The number of carbonyl (C=O) groups excluding carboxylic acids is 1. The highest BCUT2D eigenvalue weighted by Crippen LogP contribution is 2.16. The van der Waals surface area contributed by atoms with Gasteiger partial charge in [0.1, 0.15) is 0 Å². The maximum Gasteiger partial charge on any atom is 0.255 e. The largest absolute Gasteiger partial charge is 0.348 e. The van der Waals surface area contributed by atoms with Crippen LogP contribution in [0.2, 0.25) is 0 Å². The van der Waals surface area contributed by atoms with E-state index in [9.17, 15) is 4.79 Å². The zero-order chi connectivity index (χ0) is 21.8. The van der Waals surface area contributed by atoms with Crippen molar-refractivity contribution >= 4 is 5.91 Å². The van der Waals surface area contributed by atoms with Crippen LogP contribution in [-0.4, -0.2) is 25.2 Å². The van der Waals surface area contributed by atoms with E-state index in [1.807, 2.05) is 47.5 Å². The van der Waals surface area contributed by atoms with Gasteiger partial charge in [-0.25, -0.2) is 4.98 Å². The van der Waals surface area contributed by atoms with Gasteiger partial charge in [-0.1, -0.05) is 54.1 Å². The monoisotopic (exact) mass is 413 g/mol. The van der Waals surface area contributed by atoms with E-state index in [1.54, 1.807) is 12.5 Å². The molecular formula is C25H27N5O. The Labute approximate surface area is 182 Å². The normalized spacial score (nSPS) is 10.9. The molecule has 2 aromatic heterocycles. The molecule has 0 atom stereocenters. The first-order valence-electron chi connectivity index (χ1n) is 10.4. The van der Waals surface area contributed by atoms with Gasteiger partial charge >= 0.3 is 0 Å². The van der Waals surface area contributed by atoms with Crippen molar-refractivity contribution in [3.63, 3.8) is 0 Å². The molecule has 0 unspecified atom stereocenters. The van der Waals surface area contributed by atoms with Crippen molar-refractivity contribution in [1.82, 2.24) is 24.6 Å². The number of hydrogen-bond acceptors (Lipinski definition) is 3. The predicted octanol–water partition coefficient (Wildman–Crippen LogP) is 4.03. The molecule has 158 valence electrons. The Morgan fingerprint density at radius 3 is 2.42 bits per heavy atom. The van der Waals surface area contributed by atoms with E-state index in [0.29, 0.717) is 18.7 Å². The number of aromatic nitrogens is 4. The van der Waals surface area contributed by atoms with Crippen LogP contribution >= 0.6 is 0 Å². The van der Waals surface area contributed by atoms with Crippen LogP contribution in [0.3, 0.4) is 0 Å². The number of hydrogen-bond donors (Lipinski definition) is 1. The van der Waals surface area contributed by atoms with Crippen molar-refractivity contribution in [2.45, 2.75) is 40.4 Å². The van der Waals surface area contributed by atoms with Gasteiger partial charge in [0.2, 0.25) is 0 Å². The highest BCUT2D eigenvalue weighted by molar-refractivity contribution is 5.96. The second-order valence-corrected chi connectivity index (χ2v) is 7.88. The molecule has 0 aliphatic carbocycles. The van der Waals surface area contributed by atoms with Gasteiger partial charge in [0.05, 0.1) is 24.1 Å². The number of rotatable bonds is 7. The first-order valence-corrected chi connectivity index (χ1v) is 10.4. The summed E-state index contributed by atoms with van der Waals surface area (Å²) in [6.07, 6.45) is 5.50. The molecule has 0 aliphatic rings. The zero-order valence-corrected chi connectivity index (χ0v) is 18.2. The molecule has 6 heteroatoms. The SMILES string of the molecule is Cc1ccc(Cn2nc(C)c(C(=O)NCc3ccccc3Cn3ccnc3)c2C)cc1. The Morgan fingerprint density at radius 1 is 0.968 bits per heavy atom. The summed E-state index contributed by atoms with van der Waals surface area (Å²) in [4.78, 5) is 17.1. The topological polar surface area (TPSA) is 64.7 Å². The minimum absolute atomic E-state index is 0.0948. The third-order valence-corrected chi connectivity index (χ3v) is 5.53. The van der Waals surface area contributed by atoms with E-state index in [1.165, 1.54) is 5.56 Å².